The fourth-order valence-corrected chi connectivity index (χ4v) is 3.03. The Morgan fingerprint density at radius 3 is 2.74 bits per heavy atom. The zero-order valence-electron chi connectivity index (χ0n) is 12.7. The number of carbonyl (C=O) groups is 1. The van der Waals surface area contributed by atoms with Gasteiger partial charge in [0.15, 0.2) is 0 Å². The predicted molar refractivity (Wildman–Crippen MR) is 88.3 cm³/mol. The maximum atomic E-state index is 11.8. The topological polar surface area (TPSA) is 57.7 Å². The number of thiazole rings is 1. The van der Waals surface area contributed by atoms with Crippen molar-refractivity contribution in [1.82, 2.24) is 4.98 Å². The van der Waals surface area contributed by atoms with Crippen molar-refractivity contribution in [2.45, 2.75) is 6.61 Å². The predicted octanol–water partition coefficient (Wildman–Crippen LogP) is 3.67. The Morgan fingerprint density at radius 1 is 1.17 bits per heavy atom. The molecule has 118 valence electrons. The van der Waals surface area contributed by atoms with Gasteiger partial charge in [0, 0.05) is 6.07 Å². The van der Waals surface area contributed by atoms with Gasteiger partial charge < -0.3 is 14.2 Å². The lowest BCUT2D eigenvalue weighted by atomic mass is 10.2. The fourth-order valence-electron chi connectivity index (χ4n) is 2.15. The first-order valence-corrected chi connectivity index (χ1v) is 7.76. The van der Waals surface area contributed by atoms with Crippen LogP contribution in [0.3, 0.4) is 0 Å². The number of fused-ring (bicyclic) bond motifs is 1. The first-order valence-electron chi connectivity index (χ1n) is 6.95. The van der Waals surface area contributed by atoms with Crippen molar-refractivity contribution >= 4 is 27.5 Å². The van der Waals surface area contributed by atoms with Crippen LogP contribution in [0.5, 0.6) is 11.5 Å². The van der Waals surface area contributed by atoms with Gasteiger partial charge in [-0.3, -0.25) is 0 Å². The van der Waals surface area contributed by atoms with Crippen molar-refractivity contribution in [2.75, 3.05) is 14.2 Å². The van der Waals surface area contributed by atoms with E-state index in [0.29, 0.717) is 17.1 Å². The fraction of sp³-hybridized carbons (Fsp3) is 0.176. The first-order chi connectivity index (χ1) is 11.2. The third-order valence-electron chi connectivity index (χ3n) is 3.28. The Labute approximate surface area is 137 Å². The highest BCUT2D eigenvalue weighted by molar-refractivity contribution is 7.18. The third-order valence-corrected chi connectivity index (χ3v) is 4.29. The summed E-state index contributed by atoms with van der Waals surface area (Å²) in [5.41, 5.74) is 1.30. The molecule has 1 heterocycles. The number of esters is 1. The van der Waals surface area contributed by atoms with E-state index in [2.05, 4.69) is 4.98 Å². The molecule has 0 saturated carbocycles. The molecule has 6 heteroatoms. The maximum absolute atomic E-state index is 11.8. The van der Waals surface area contributed by atoms with Crippen LogP contribution in [0.25, 0.3) is 10.2 Å². The van der Waals surface area contributed by atoms with Crippen LogP contribution >= 0.6 is 11.3 Å². The summed E-state index contributed by atoms with van der Waals surface area (Å²) in [6.45, 7) is 0.274. The molecule has 1 aromatic heterocycles. The van der Waals surface area contributed by atoms with Crippen molar-refractivity contribution < 1.29 is 19.0 Å². The quantitative estimate of drug-likeness (QED) is 0.669. The Morgan fingerprint density at radius 2 is 2.00 bits per heavy atom. The first kappa shape index (κ1) is 15.3. The molecule has 5 nitrogen and oxygen atoms in total. The van der Waals surface area contributed by atoms with Crippen LogP contribution in [0.15, 0.2) is 42.5 Å². The van der Waals surface area contributed by atoms with Crippen LogP contribution in [-0.4, -0.2) is 25.2 Å². The zero-order valence-corrected chi connectivity index (χ0v) is 13.6. The summed E-state index contributed by atoms with van der Waals surface area (Å²) in [5, 5.41) is 0.838. The molecule has 0 fully saturated rings. The Bertz CT molecular complexity index is 810. The Kier molecular flexibility index (Phi) is 4.43. The van der Waals surface area contributed by atoms with Gasteiger partial charge in [-0.1, -0.05) is 12.1 Å². The maximum Gasteiger partial charge on any atom is 0.341 e. The van der Waals surface area contributed by atoms with Crippen molar-refractivity contribution in [2.24, 2.45) is 0 Å². The molecule has 2 aromatic carbocycles. The third kappa shape index (κ3) is 3.27. The molecular formula is C17H15NO4S. The van der Waals surface area contributed by atoms with Gasteiger partial charge in [0.1, 0.15) is 28.7 Å². The summed E-state index contributed by atoms with van der Waals surface area (Å²) >= 11 is 1.56. The minimum Gasteiger partial charge on any atom is -0.497 e. The summed E-state index contributed by atoms with van der Waals surface area (Å²) in [4.78, 5) is 16.3. The summed E-state index contributed by atoms with van der Waals surface area (Å²) in [6.07, 6.45) is 0. The monoisotopic (exact) mass is 329 g/mol. The van der Waals surface area contributed by atoms with Crippen LogP contribution in [0.1, 0.15) is 15.4 Å². The number of hydrogen-bond donors (Lipinski definition) is 0. The average Bonchev–Trinajstić information content (AvgIpc) is 3.02. The van der Waals surface area contributed by atoms with E-state index in [1.165, 1.54) is 7.11 Å². The molecule has 0 aliphatic rings. The van der Waals surface area contributed by atoms with Crippen molar-refractivity contribution in [3.63, 3.8) is 0 Å². The van der Waals surface area contributed by atoms with Crippen molar-refractivity contribution in [1.29, 1.82) is 0 Å². The van der Waals surface area contributed by atoms with Crippen molar-refractivity contribution in [3.05, 3.63) is 53.0 Å². The highest BCUT2D eigenvalue weighted by Gasteiger charge is 2.15. The summed E-state index contributed by atoms with van der Waals surface area (Å²) in [7, 11) is 2.90. The largest absolute Gasteiger partial charge is 0.497 e. The Balaban J connectivity index is 1.84. The van der Waals surface area contributed by atoms with Crippen LogP contribution in [-0.2, 0) is 11.3 Å². The van der Waals surface area contributed by atoms with Gasteiger partial charge in [-0.2, -0.15) is 0 Å². The van der Waals surface area contributed by atoms with E-state index in [-0.39, 0.29) is 6.61 Å². The number of hydrogen-bond acceptors (Lipinski definition) is 6. The number of carbonyl (C=O) groups excluding carboxylic acids is 1. The summed E-state index contributed by atoms with van der Waals surface area (Å²) in [5.74, 6) is 0.569. The molecule has 3 rings (SSSR count). The van der Waals surface area contributed by atoms with Crippen LogP contribution in [0.4, 0.5) is 0 Å². The van der Waals surface area contributed by atoms with Crippen LogP contribution < -0.4 is 9.47 Å². The molecule has 3 aromatic rings. The number of para-hydroxylation sites is 1. The Hall–Kier alpha value is -2.60. The van der Waals surface area contributed by atoms with Gasteiger partial charge in [-0.25, -0.2) is 9.78 Å². The van der Waals surface area contributed by atoms with Crippen LogP contribution in [0.2, 0.25) is 0 Å². The van der Waals surface area contributed by atoms with Gasteiger partial charge in [-0.15, -0.1) is 11.3 Å². The molecule has 0 aliphatic carbocycles. The molecule has 0 amide bonds. The lowest BCUT2D eigenvalue weighted by Crippen LogP contribution is -2.06. The number of nitrogens with zero attached hydrogens (tertiary/aromatic N) is 1. The van der Waals surface area contributed by atoms with Gasteiger partial charge in [0.05, 0.1) is 24.4 Å². The number of ether oxygens (including phenoxy) is 3. The van der Waals surface area contributed by atoms with E-state index in [1.807, 2.05) is 24.3 Å². The standard InChI is InChI=1S/C17H15NO4S/c1-20-11-7-8-12(17(19)21-2)14(9-11)22-10-16-18-13-5-3-4-6-15(13)23-16/h3-9H,10H2,1-2H3. The number of benzene rings is 2. The molecule has 0 N–H and O–H groups in total. The highest BCUT2D eigenvalue weighted by atomic mass is 32.1. The van der Waals surface area contributed by atoms with E-state index in [4.69, 9.17) is 14.2 Å². The molecule has 0 radical (unpaired) electrons. The molecule has 0 saturated heterocycles. The minimum absolute atomic E-state index is 0.274. The molecule has 0 aliphatic heterocycles. The van der Waals surface area contributed by atoms with Crippen LogP contribution in [0, 0.1) is 0 Å². The highest BCUT2D eigenvalue weighted by Crippen LogP contribution is 2.28. The minimum atomic E-state index is -0.452. The van der Waals surface area contributed by atoms with Crippen molar-refractivity contribution in [3.8, 4) is 11.5 Å². The molecule has 0 unspecified atom stereocenters. The lowest BCUT2D eigenvalue weighted by Gasteiger charge is -2.10. The second kappa shape index (κ2) is 6.66. The number of methoxy groups -OCH3 is 2. The van der Waals surface area contributed by atoms with Gasteiger partial charge in [0.25, 0.3) is 0 Å². The van der Waals surface area contributed by atoms with Gasteiger partial charge in [0.2, 0.25) is 0 Å². The number of rotatable bonds is 5. The second-order valence-corrected chi connectivity index (χ2v) is 5.83. The lowest BCUT2D eigenvalue weighted by molar-refractivity contribution is 0.0595. The normalized spacial score (nSPS) is 10.5. The smallest absolute Gasteiger partial charge is 0.341 e. The molecule has 0 bridgehead atoms. The second-order valence-electron chi connectivity index (χ2n) is 4.72. The van der Waals surface area contributed by atoms with E-state index < -0.39 is 5.97 Å². The van der Waals surface area contributed by atoms with E-state index in [9.17, 15) is 4.79 Å². The van der Waals surface area contributed by atoms with E-state index in [1.54, 1.807) is 36.6 Å². The SMILES string of the molecule is COC(=O)c1ccc(OC)cc1OCc1nc2ccccc2s1. The summed E-state index contributed by atoms with van der Waals surface area (Å²) in [6, 6.07) is 12.9. The molecule has 0 spiro atoms. The molecular weight excluding hydrogens is 314 g/mol. The van der Waals surface area contributed by atoms with E-state index >= 15 is 0 Å². The summed E-state index contributed by atoms with van der Waals surface area (Å²) < 4.78 is 16.8. The molecule has 0 atom stereocenters. The van der Waals surface area contributed by atoms with Gasteiger partial charge >= 0.3 is 5.97 Å². The average molecular weight is 329 g/mol. The van der Waals surface area contributed by atoms with Gasteiger partial charge in [-0.05, 0) is 24.3 Å². The molecule has 23 heavy (non-hydrogen) atoms. The zero-order chi connectivity index (χ0) is 16.2. The van der Waals surface area contributed by atoms with E-state index in [0.717, 1.165) is 15.2 Å². The number of aromatic nitrogens is 1.